The van der Waals surface area contributed by atoms with E-state index in [1.54, 1.807) is 6.07 Å². The second-order valence-electron chi connectivity index (χ2n) is 5.94. The SMILES string of the molecule is CC1CCCCN1C(=O)c1ccccc1NC=C(C#N)c1nn[nH]n1. The van der Waals surface area contributed by atoms with Crippen LogP contribution < -0.4 is 5.32 Å². The van der Waals surface area contributed by atoms with Crippen molar-refractivity contribution in [3.05, 3.63) is 41.9 Å². The molecule has 0 saturated carbocycles. The molecule has 1 saturated heterocycles. The molecule has 8 heteroatoms. The summed E-state index contributed by atoms with van der Waals surface area (Å²) in [5.74, 6) is 0.199. The fraction of sp³-hybridized carbons (Fsp3) is 0.353. The second-order valence-corrected chi connectivity index (χ2v) is 5.94. The van der Waals surface area contributed by atoms with Gasteiger partial charge >= 0.3 is 0 Å². The van der Waals surface area contributed by atoms with E-state index in [1.807, 2.05) is 29.2 Å². The molecule has 8 nitrogen and oxygen atoms in total. The molecule has 0 spiro atoms. The molecule has 1 unspecified atom stereocenters. The summed E-state index contributed by atoms with van der Waals surface area (Å²) in [5.41, 5.74) is 1.45. The molecule has 0 aliphatic carbocycles. The monoisotopic (exact) mass is 337 g/mol. The van der Waals surface area contributed by atoms with Gasteiger partial charge in [-0.3, -0.25) is 4.79 Å². The first-order valence-electron chi connectivity index (χ1n) is 8.21. The number of aromatic amines is 1. The van der Waals surface area contributed by atoms with Gasteiger partial charge in [0.1, 0.15) is 11.6 Å². The topological polar surface area (TPSA) is 111 Å². The zero-order valence-electron chi connectivity index (χ0n) is 13.9. The van der Waals surface area contributed by atoms with Gasteiger partial charge in [-0.15, -0.1) is 10.2 Å². The molecule has 2 heterocycles. The number of hydrogen-bond donors (Lipinski definition) is 2. The lowest BCUT2D eigenvalue weighted by atomic mass is 10.0. The van der Waals surface area contributed by atoms with Crippen molar-refractivity contribution in [2.45, 2.75) is 32.2 Å². The van der Waals surface area contributed by atoms with E-state index >= 15 is 0 Å². The van der Waals surface area contributed by atoms with Gasteiger partial charge in [-0.25, -0.2) is 0 Å². The van der Waals surface area contributed by atoms with Gasteiger partial charge in [0.25, 0.3) is 5.91 Å². The summed E-state index contributed by atoms with van der Waals surface area (Å²) in [6.07, 6.45) is 4.69. The van der Waals surface area contributed by atoms with Crippen LogP contribution in [0.15, 0.2) is 30.5 Å². The molecule has 1 aliphatic rings. The van der Waals surface area contributed by atoms with Crippen LogP contribution in [0.3, 0.4) is 0 Å². The summed E-state index contributed by atoms with van der Waals surface area (Å²) >= 11 is 0. The van der Waals surface area contributed by atoms with Crippen LogP contribution in [0.5, 0.6) is 0 Å². The van der Waals surface area contributed by atoms with Crippen LogP contribution in [-0.2, 0) is 0 Å². The van der Waals surface area contributed by atoms with Crippen LogP contribution in [0.1, 0.15) is 42.4 Å². The number of nitrogens with one attached hydrogen (secondary N) is 2. The number of likely N-dealkylation sites (tertiary alicyclic amines) is 1. The molecule has 0 bridgehead atoms. The number of anilines is 1. The van der Waals surface area contributed by atoms with Gasteiger partial charge < -0.3 is 10.2 Å². The first-order valence-corrected chi connectivity index (χ1v) is 8.21. The molecule has 3 rings (SSSR count). The molecular formula is C17H19N7O. The largest absolute Gasteiger partial charge is 0.360 e. The van der Waals surface area contributed by atoms with Crippen molar-refractivity contribution < 1.29 is 4.79 Å². The van der Waals surface area contributed by atoms with Gasteiger partial charge in [0.05, 0.1) is 11.3 Å². The number of para-hydroxylation sites is 1. The normalized spacial score (nSPS) is 17.8. The first-order chi connectivity index (χ1) is 12.2. The number of rotatable bonds is 4. The fourth-order valence-corrected chi connectivity index (χ4v) is 2.92. The average molecular weight is 337 g/mol. The molecule has 1 fully saturated rings. The molecule has 1 aromatic heterocycles. The third kappa shape index (κ3) is 3.66. The maximum Gasteiger partial charge on any atom is 0.256 e. The number of hydrogen-bond acceptors (Lipinski definition) is 6. The zero-order chi connectivity index (χ0) is 17.6. The Bertz CT molecular complexity index is 807. The number of amides is 1. The highest BCUT2D eigenvalue weighted by Gasteiger charge is 2.25. The molecule has 25 heavy (non-hydrogen) atoms. The Morgan fingerprint density at radius 2 is 2.28 bits per heavy atom. The number of benzene rings is 1. The molecule has 1 atom stereocenters. The zero-order valence-corrected chi connectivity index (χ0v) is 13.9. The van der Waals surface area contributed by atoms with Crippen molar-refractivity contribution in [1.82, 2.24) is 25.5 Å². The van der Waals surface area contributed by atoms with E-state index in [1.165, 1.54) is 6.20 Å². The third-order valence-electron chi connectivity index (χ3n) is 4.30. The Kier molecular flexibility index (Phi) is 5.04. The highest BCUT2D eigenvalue weighted by Crippen LogP contribution is 2.23. The molecule has 1 aromatic carbocycles. The molecule has 1 amide bonds. The number of nitrogens with zero attached hydrogens (tertiary/aromatic N) is 5. The van der Waals surface area contributed by atoms with Crippen LogP contribution in [0.25, 0.3) is 5.57 Å². The van der Waals surface area contributed by atoms with Crippen molar-refractivity contribution >= 4 is 17.2 Å². The van der Waals surface area contributed by atoms with E-state index < -0.39 is 0 Å². The van der Waals surface area contributed by atoms with E-state index in [0.717, 1.165) is 25.8 Å². The summed E-state index contributed by atoms with van der Waals surface area (Å²) in [5, 5.41) is 25.6. The van der Waals surface area contributed by atoms with Gasteiger partial charge in [-0.1, -0.05) is 12.1 Å². The number of H-pyrrole nitrogens is 1. The highest BCUT2D eigenvalue weighted by molar-refractivity contribution is 6.00. The first kappa shape index (κ1) is 16.6. The van der Waals surface area contributed by atoms with Crippen molar-refractivity contribution in [2.75, 3.05) is 11.9 Å². The van der Waals surface area contributed by atoms with Crippen LogP contribution in [0, 0.1) is 11.3 Å². The highest BCUT2D eigenvalue weighted by atomic mass is 16.2. The van der Waals surface area contributed by atoms with Crippen molar-refractivity contribution in [3.63, 3.8) is 0 Å². The Balaban J connectivity index is 1.84. The molecule has 2 N–H and O–H groups in total. The number of nitriles is 1. The van der Waals surface area contributed by atoms with Crippen molar-refractivity contribution in [2.24, 2.45) is 0 Å². The van der Waals surface area contributed by atoms with E-state index in [9.17, 15) is 10.1 Å². The Labute approximate surface area is 145 Å². The number of carbonyl (C=O) groups is 1. The summed E-state index contributed by atoms with van der Waals surface area (Å²) in [6, 6.07) is 9.52. The van der Waals surface area contributed by atoms with Gasteiger partial charge in [0.15, 0.2) is 0 Å². The molecule has 128 valence electrons. The molecule has 2 aromatic rings. The van der Waals surface area contributed by atoms with Gasteiger partial charge in [0.2, 0.25) is 5.82 Å². The quantitative estimate of drug-likeness (QED) is 0.827. The van der Waals surface area contributed by atoms with Crippen LogP contribution in [-0.4, -0.2) is 44.0 Å². The number of aromatic nitrogens is 4. The van der Waals surface area contributed by atoms with Crippen molar-refractivity contribution in [1.29, 1.82) is 5.26 Å². The van der Waals surface area contributed by atoms with Crippen LogP contribution in [0.4, 0.5) is 5.69 Å². The van der Waals surface area contributed by atoms with E-state index in [0.29, 0.717) is 11.3 Å². The maximum absolute atomic E-state index is 12.9. The third-order valence-corrected chi connectivity index (χ3v) is 4.30. The molecular weight excluding hydrogens is 318 g/mol. The lowest BCUT2D eigenvalue weighted by Crippen LogP contribution is -2.42. The number of allylic oxidation sites excluding steroid dienone is 1. The second kappa shape index (κ2) is 7.57. The lowest BCUT2D eigenvalue weighted by Gasteiger charge is -2.33. The lowest BCUT2D eigenvalue weighted by molar-refractivity contribution is 0.0636. The fourth-order valence-electron chi connectivity index (χ4n) is 2.92. The minimum absolute atomic E-state index is 0.00164. The predicted molar refractivity (Wildman–Crippen MR) is 92.2 cm³/mol. The average Bonchev–Trinajstić information content (AvgIpc) is 3.17. The van der Waals surface area contributed by atoms with Crippen LogP contribution in [0.2, 0.25) is 0 Å². The Hall–Kier alpha value is -3.21. The van der Waals surface area contributed by atoms with Gasteiger partial charge in [0, 0.05) is 18.8 Å². The van der Waals surface area contributed by atoms with E-state index in [-0.39, 0.29) is 23.3 Å². The summed E-state index contributed by atoms with van der Waals surface area (Å²) < 4.78 is 0. The van der Waals surface area contributed by atoms with E-state index in [4.69, 9.17) is 0 Å². The number of piperidine rings is 1. The Morgan fingerprint density at radius 3 is 3.00 bits per heavy atom. The minimum atomic E-state index is 0.00164. The van der Waals surface area contributed by atoms with Gasteiger partial charge in [-0.2, -0.15) is 10.5 Å². The standard InChI is InChI=1S/C17H19N7O/c1-12-6-4-5-9-24(12)17(25)14-7-2-3-8-15(14)19-11-13(10-18)16-20-22-23-21-16/h2-3,7-8,11-12,19H,4-6,9H2,1H3,(H,20,21,22,23). The maximum atomic E-state index is 12.9. The number of carbonyl (C=O) groups excluding carboxylic acids is 1. The van der Waals surface area contributed by atoms with Crippen LogP contribution >= 0.6 is 0 Å². The molecule has 0 radical (unpaired) electrons. The summed E-state index contributed by atoms with van der Waals surface area (Å²) in [4.78, 5) is 14.8. The van der Waals surface area contributed by atoms with E-state index in [2.05, 4.69) is 32.9 Å². The van der Waals surface area contributed by atoms with Crippen molar-refractivity contribution in [3.8, 4) is 6.07 Å². The summed E-state index contributed by atoms with van der Waals surface area (Å²) in [7, 11) is 0. The number of tetrazole rings is 1. The minimum Gasteiger partial charge on any atom is -0.360 e. The molecule has 1 aliphatic heterocycles. The smallest absolute Gasteiger partial charge is 0.256 e. The van der Waals surface area contributed by atoms with Gasteiger partial charge in [-0.05, 0) is 43.5 Å². The Morgan fingerprint density at radius 1 is 1.44 bits per heavy atom. The summed E-state index contributed by atoms with van der Waals surface area (Å²) in [6.45, 7) is 2.85. The predicted octanol–water partition coefficient (Wildman–Crippen LogP) is 2.19.